The Bertz CT molecular complexity index is 664. The molecule has 0 saturated heterocycles. The van der Waals surface area contributed by atoms with Crippen LogP contribution in [0.15, 0.2) is 48.5 Å². The fourth-order valence-corrected chi connectivity index (χ4v) is 2.97. The van der Waals surface area contributed by atoms with Gasteiger partial charge in [-0.25, -0.2) is 4.39 Å². The Kier molecular flexibility index (Phi) is 3.04. The van der Waals surface area contributed by atoms with E-state index in [4.69, 9.17) is 0 Å². The highest BCUT2D eigenvalue weighted by Crippen LogP contribution is 2.45. The number of nitrogens with zero attached hydrogens (tertiary/aromatic N) is 1. The maximum Gasteiger partial charge on any atom is 0.129 e. The van der Waals surface area contributed by atoms with Crippen molar-refractivity contribution in [1.82, 2.24) is 0 Å². The molecule has 2 nitrogen and oxygen atoms in total. The van der Waals surface area contributed by atoms with Crippen molar-refractivity contribution in [1.29, 1.82) is 5.26 Å². The van der Waals surface area contributed by atoms with Crippen molar-refractivity contribution < 1.29 is 9.50 Å². The average molecular weight is 267 g/mol. The molecule has 20 heavy (non-hydrogen) atoms. The Morgan fingerprint density at radius 2 is 1.60 bits per heavy atom. The molecule has 1 unspecified atom stereocenters. The number of aliphatic hydroxyl groups is 1. The summed E-state index contributed by atoms with van der Waals surface area (Å²) in [6, 6.07) is 16.1. The van der Waals surface area contributed by atoms with E-state index in [1.165, 1.54) is 6.07 Å². The fraction of sp³-hybridized carbons (Fsp3) is 0.235. The van der Waals surface area contributed by atoms with Crippen LogP contribution >= 0.6 is 0 Å². The first-order chi connectivity index (χ1) is 9.66. The molecule has 0 aromatic heterocycles. The molecule has 100 valence electrons. The van der Waals surface area contributed by atoms with Crippen molar-refractivity contribution in [3.63, 3.8) is 0 Å². The van der Waals surface area contributed by atoms with E-state index in [0.717, 1.165) is 11.1 Å². The number of nitriles is 1. The molecule has 0 heterocycles. The van der Waals surface area contributed by atoms with Crippen molar-refractivity contribution in [3.8, 4) is 6.07 Å². The number of benzene rings is 2. The summed E-state index contributed by atoms with van der Waals surface area (Å²) < 4.78 is 13.9. The maximum atomic E-state index is 13.9. The van der Waals surface area contributed by atoms with Gasteiger partial charge in [0, 0.05) is 5.56 Å². The third-order valence-electron chi connectivity index (χ3n) is 4.08. The number of halogens is 1. The first-order valence-electron chi connectivity index (χ1n) is 6.57. The van der Waals surface area contributed by atoms with Crippen LogP contribution in [0.25, 0.3) is 0 Å². The first-order valence-corrected chi connectivity index (χ1v) is 6.57. The van der Waals surface area contributed by atoms with Gasteiger partial charge in [-0.2, -0.15) is 5.26 Å². The monoisotopic (exact) mass is 267 g/mol. The summed E-state index contributed by atoms with van der Waals surface area (Å²) >= 11 is 0. The Labute approximate surface area is 117 Å². The molecule has 1 aliphatic carbocycles. The third kappa shape index (κ3) is 1.90. The fourth-order valence-electron chi connectivity index (χ4n) is 2.97. The molecular formula is C17H14FNO. The van der Waals surface area contributed by atoms with Crippen molar-refractivity contribution >= 4 is 0 Å². The highest BCUT2D eigenvalue weighted by molar-refractivity contribution is 5.39. The molecule has 3 heteroatoms. The molecule has 0 aliphatic heterocycles. The van der Waals surface area contributed by atoms with Crippen LogP contribution in [-0.2, 0) is 12.8 Å². The van der Waals surface area contributed by atoms with Gasteiger partial charge in [-0.15, -0.1) is 0 Å². The zero-order valence-corrected chi connectivity index (χ0v) is 10.9. The minimum Gasteiger partial charge on any atom is -0.387 e. The van der Waals surface area contributed by atoms with Crippen LogP contribution in [0.1, 0.15) is 22.8 Å². The van der Waals surface area contributed by atoms with Crippen LogP contribution in [-0.4, -0.2) is 5.11 Å². The second-order valence-corrected chi connectivity index (χ2v) is 5.31. The molecule has 1 atom stereocenters. The topological polar surface area (TPSA) is 44.0 Å². The van der Waals surface area contributed by atoms with Crippen LogP contribution in [0.4, 0.5) is 4.39 Å². The average Bonchev–Trinajstić information content (AvgIpc) is 2.87. The Morgan fingerprint density at radius 1 is 1.05 bits per heavy atom. The lowest BCUT2D eigenvalue weighted by Crippen LogP contribution is -2.28. The molecule has 3 rings (SSSR count). The molecule has 2 aromatic carbocycles. The van der Waals surface area contributed by atoms with Gasteiger partial charge in [-0.1, -0.05) is 42.5 Å². The smallest absolute Gasteiger partial charge is 0.129 e. The SMILES string of the molecule is N#CC1(C(O)c2ccccc2F)Cc2ccccc2C1. The van der Waals surface area contributed by atoms with Gasteiger partial charge in [0.25, 0.3) is 0 Å². The van der Waals surface area contributed by atoms with Gasteiger partial charge in [0.1, 0.15) is 11.9 Å². The second kappa shape index (κ2) is 4.73. The zero-order valence-electron chi connectivity index (χ0n) is 10.9. The number of hydrogen-bond acceptors (Lipinski definition) is 2. The first kappa shape index (κ1) is 12.8. The molecular weight excluding hydrogens is 253 g/mol. The molecule has 0 spiro atoms. The highest BCUT2D eigenvalue weighted by atomic mass is 19.1. The van der Waals surface area contributed by atoms with Gasteiger partial charge in [0.15, 0.2) is 0 Å². The summed E-state index contributed by atoms with van der Waals surface area (Å²) in [5, 5.41) is 20.1. The lowest BCUT2D eigenvalue weighted by molar-refractivity contribution is 0.0661. The molecule has 0 fully saturated rings. The van der Waals surface area contributed by atoms with E-state index >= 15 is 0 Å². The molecule has 1 N–H and O–H groups in total. The van der Waals surface area contributed by atoms with Crippen LogP contribution in [0, 0.1) is 22.6 Å². The molecule has 1 aliphatic rings. The number of hydrogen-bond donors (Lipinski definition) is 1. The van der Waals surface area contributed by atoms with Gasteiger partial charge in [-0.05, 0) is 30.0 Å². The van der Waals surface area contributed by atoms with Crippen LogP contribution in [0.2, 0.25) is 0 Å². The van der Waals surface area contributed by atoms with E-state index in [2.05, 4.69) is 6.07 Å². The zero-order chi connectivity index (χ0) is 14.2. The molecule has 0 bridgehead atoms. The quantitative estimate of drug-likeness (QED) is 0.908. The normalized spacial score (nSPS) is 17.2. The summed E-state index contributed by atoms with van der Waals surface area (Å²) in [6.07, 6.45) is -0.217. The highest BCUT2D eigenvalue weighted by Gasteiger charge is 2.45. The Balaban J connectivity index is 2.01. The Hall–Kier alpha value is -2.18. The Morgan fingerprint density at radius 3 is 2.15 bits per heavy atom. The lowest BCUT2D eigenvalue weighted by Gasteiger charge is -2.27. The van der Waals surface area contributed by atoms with E-state index < -0.39 is 17.3 Å². The van der Waals surface area contributed by atoms with Gasteiger partial charge in [0.05, 0.1) is 11.5 Å². The van der Waals surface area contributed by atoms with Crippen molar-refractivity contribution in [3.05, 3.63) is 71.0 Å². The summed E-state index contributed by atoms with van der Waals surface area (Å²) in [5.74, 6) is -0.467. The maximum absolute atomic E-state index is 13.9. The third-order valence-corrected chi connectivity index (χ3v) is 4.08. The summed E-state index contributed by atoms with van der Waals surface area (Å²) in [6.45, 7) is 0. The van der Waals surface area contributed by atoms with Gasteiger partial charge in [0.2, 0.25) is 0 Å². The molecule has 0 amide bonds. The van der Waals surface area contributed by atoms with Gasteiger partial charge >= 0.3 is 0 Å². The van der Waals surface area contributed by atoms with E-state index in [1.807, 2.05) is 24.3 Å². The second-order valence-electron chi connectivity index (χ2n) is 5.31. The number of fused-ring (bicyclic) bond motifs is 1. The van der Waals surface area contributed by atoms with Crippen molar-refractivity contribution in [2.45, 2.75) is 18.9 Å². The lowest BCUT2D eigenvalue weighted by atomic mass is 9.77. The van der Waals surface area contributed by atoms with Crippen molar-refractivity contribution in [2.24, 2.45) is 5.41 Å². The van der Waals surface area contributed by atoms with E-state index in [1.54, 1.807) is 18.2 Å². The van der Waals surface area contributed by atoms with Gasteiger partial charge < -0.3 is 5.11 Å². The van der Waals surface area contributed by atoms with Crippen LogP contribution < -0.4 is 0 Å². The molecule has 2 aromatic rings. The van der Waals surface area contributed by atoms with Crippen molar-refractivity contribution in [2.75, 3.05) is 0 Å². The predicted octanol–water partition coefficient (Wildman–Crippen LogP) is 3.17. The number of rotatable bonds is 2. The number of aliphatic hydroxyl groups excluding tert-OH is 1. The van der Waals surface area contributed by atoms with Crippen LogP contribution in [0.5, 0.6) is 0 Å². The minimum absolute atomic E-state index is 0.196. The largest absolute Gasteiger partial charge is 0.387 e. The van der Waals surface area contributed by atoms with E-state index in [9.17, 15) is 14.8 Å². The van der Waals surface area contributed by atoms with Gasteiger partial charge in [-0.3, -0.25) is 0 Å². The molecule has 0 saturated carbocycles. The summed E-state index contributed by atoms with van der Waals surface area (Å²) in [4.78, 5) is 0. The van der Waals surface area contributed by atoms with E-state index in [-0.39, 0.29) is 5.56 Å². The molecule has 0 radical (unpaired) electrons. The standard InChI is InChI=1S/C17H14FNO/c18-15-8-4-3-7-14(15)16(20)17(11-19)9-12-5-1-2-6-13(12)10-17/h1-8,16,20H,9-10H2. The summed E-state index contributed by atoms with van der Waals surface area (Å²) in [7, 11) is 0. The van der Waals surface area contributed by atoms with E-state index in [0.29, 0.717) is 12.8 Å². The summed E-state index contributed by atoms with van der Waals surface area (Å²) in [5.41, 5.74) is 1.34. The van der Waals surface area contributed by atoms with Crippen LogP contribution in [0.3, 0.4) is 0 Å². The predicted molar refractivity (Wildman–Crippen MR) is 73.3 cm³/mol. The minimum atomic E-state index is -1.12.